The van der Waals surface area contributed by atoms with Crippen LogP contribution in [0.25, 0.3) is 0 Å². The summed E-state index contributed by atoms with van der Waals surface area (Å²) in [6, 6.07) is 0. The fraction of sp³-hybridized carbons (Fsp3) is 0.833. The Morgan fingerprint density at radius 3 is 1.56 bits per heavy atom. The Morgan fingerprint density at radius 1 is 0.889 bits per heavy atom. The van der Waals surface area contributed by atoms with Gasteiger partial charge in [0.25, 0.3) is 0 Å². The Hall–Kier alpha value is 1.33. The van der Waals surface area contributed by atoms with E-state index in [-0.39, 0.29) is 24.8 Å². The summed E-state index contributed by atoms with van der Waals surface area (Å²) in [4.78, 5) is 0. The van der Waals surface area contributed by atoms with Crippen molar-refractivity contribution in [1.29, 1.82) is 0 Å². The molecule has 0 N–H and O–H groups in total. The van der Waals surface area contributed by atoms with Crippen molar-refractivity contribution in [2.45, 2.75) is 32.1 Å². The summed E-state index contributed by atoms with van der Waals surface area (Å²) in [6.07, 6.45) is 7.32. The summed E-state index contributed by atoms with van der Waals surface area (Å²) >= 11 is 1.69. The van der Waals surface area contributed by atoms with Gasteiger partial charge in [0.1, 0.15) is 0 Å². The molecule has 1 rings (SSSR count). The second-order valence-electron chi connectivity index (χ2n) is 2.16. The molecule has 0 unspecified atom stereocenters. The van der Waals surface area contributed by atoms with Crippen molar-refractivity contribution in [3.05, 3.63) is 0 Å². The first-order valence-corrected chi connectivity index (χ1v) is 4.19. The summed E-state index contributed by atoms with van der Waals surface area (Å²) in [5.74, 6) is 0. The van der Waals surface area contributed by atoms with Gasteiger partial charge in [0, 0.05) is 0 Å². The van der Waals surface area contributed by atoms with Gasteiger partial charge >= 0.3 is 59.5 Å². The van der Waals surface area contributed by atoms with E-state index in [0.29, 0.717) is 0 Å². The van der Waals surface area contributed by atoms with Gasteiger partial charge in [0.2, 0.25) is 0 Å². The van der Waals surface area contributed by atoms with Crippen LogP contribution in [-0.2, 0) is 24.2 Å². The molecule has 3 heteroatoms. The minimum absolute atomic E-state index is 0. The molecule has 1 fully saturated rings. The van der Waals surface area contributed by atoms with E-state index >= 15 is 0 Å². The van der Waals surface area contributed by atoms with E-state index in [2.05, 4.69) is 0 Å². The zero-order chi connectivity index (χ0) is 5.11. The average Bonchev–Trinajstić information content (AvgIpc) is 1.69. The van der Waals surface area contributed by atoms with Crippen LogP contribution in [0.15, 0.2) is 0 Å². The molecule has 0 spiro atoms. The van der Waals surface area contributed by atoms with E-state index in [1.165, 1.54) is 32.1 Å². The molecule has 0 aliphatic heterocycles. The van der Waals surface area contributed by atoms with Crippen LogP contribution in [0, 0.1) is 0 Å². The number of rotatable bonds is 0. The van der Waals surface area contributed by atoms with Crippen LogP contribution >= 0.6 is 0 Å². The molecule has 52 valence electrons. The SMILES string of the molecule is [Cl-].[Cl-].[Zr+2]=[C]1CCCCC1. The summed E-state index contributed by atoms with van der Waals surface area (Å²) in [7, 11) is 0. The van der Waals surface area contributed by atoms with Gasteiger partial charge in [-0.15, -0.1) is 0 Å². The van der Waals surface area contributed by atoms with E-state index in [4.69, 9.17) is 0 Å². The molecule has 0 aromatic heterocycles. The molecule has 0 aromatic rings. The molecule has 9 heavy (non-hydrogen) atoms. The quantitative estimate of drug-likeness (QED) is 0.404. The van der Waals surface area contributed by atoms with Crippen molar-refractivity contribution in [3.63, 3.8) is 0 Å². The van der Waals surface area contributed by atoms with E-state index in [0.717, 1.165) is 0 Å². The molecule has 0 bridgehead atoms. The van der Waals surface area contributed by atoms with Gasteiger partial charge in [-0.05, 0) is 0 Å². The van der Waals surface area contributed by atoms with Crippen molar-refractivity contribution in [2.75, 3.05) is 0 Å². The minimum atomic E-state index is 0. The average molecular weight is 244 g/mol. The van der Waals surface area contributed by atoms with Gasteiger partial charge in [-0.2, -0.15) is 0 Å². The van der Waals surface area contributed by atoms with Crippen LogP contribution in [-0.4, -0.2) is 3.21 Å². The fourth-order valence-corrected chi connectivity index (χ4v) is 1.85. The van der Waals surface area contributed by atoms with Crippen LogP contribution in [0.3, 0.4) is 0 Å². The molecule has 0 radical (unpaired) electrons. The Balaban J connectivity index is 0. The Kier molecular flexibility index (Phi) is 10.7. The number of hydrogen-bond acceptors (Lipinski definition) is 0. The van der Waals surface area contributed by atoms with Crippen LogP contribution in [0.4, 0.5) is 0 Å². The standard InChI is InChI=1S/C6H10.2ClH.Zr/c1-2-4-6-5-3-1;;;/h1-5H2;2*1H;/q;;;+2/p-2. The first kappa shape index (κ1) is 13.0. The second kappa shape index (κ2) is 7.44. The van der Waals surface area contributed by atoms with Crippen LogP contribution in [0.1, 0.15) is 32.1 Å². The summed E-state index contributed by atoms with van der Waals surface area (Å²) in [5, 5.41) is 0. The Morgan fingerprint density at radius 2 is 1.33 bits per heavy atom. The van der Waals surface area contributed by atoms with Gasteiger partial charge in [-0.3, -0.25) is 0 Å². The van der Waals surface area contributed by atoms with Crippen LogP contribution in [0.2, 0.25) is 0 Å². The molecular weight excluding hydrogens is 234 g/mol. The third-order valence-electron chi connectivity index (χ3n) is 1.46. The third kappa shape index (κ3) is 5.76. The molecular formula is C6H10Cl2Zr. The Labute approximate surface area is 83.9 Å². The van der Waals surface area contributed by atoms with E-state index in [1.807, 2.05) is 0 Å². The van der Waals surface area contributed by atoms with Crippen molar-refractivity contribution in [1.82, 2.24) is 0 Å². The predicted octanol–water partition coefficient (Wildman–Crippen LogP) is -4.32. The monoisotopic (exact) mass is 242 g/mol. The second-order valence-corrected chi connectivity index (χ2v) is 3.90. The summed E-state index contributed by atoms with van der Waals surface area (Å²) in [6.45, 7) is 0. The topological polar surface area (TPSA) is 0 Å². The molecule has 0 atom stereocenters. The van der Waals surface area contributed by atoms with Gasteiger partial charge in [0.15, 0.2) is 0 Å². The third-order valence-corrected chi connectivity index (χ3v) is 2.69. The first-order chi connectivity index (χ1) is 3.39. The predicted molar refractivity (Wildman–Crippen MR) is 28.1 cm³/mol. The maximum atomic E-state index is 1.80. The number of hydrogen-bond donors (Lipinski definition) is 0. The van der Waals surface area contributed by atoms with Gasteiger partial charge in [-0.1, -0.05) is 0 Å². The van der Waals surface area contributed by atoms with Crippen molar-refractivity contribution < 1.29 is 49.0 Å². The molecule has 1 aliphatic carbocycles. The molecule has 0 aromatic carbocycles. The van der Waals surface area contributed by atoms with Gasteiger partial charge < -0.3 is 24.8 Å². The number of halogens is 2. The van der Waals surface area contributed by atoms with E-state index < -0.39 is 0 Å². The molecule has 0 heterocycles. The van der Waals surface area contributed by atoms with Gasteiger partial charge in [0.05, 0.1) is 0 Å². The van der Waals surface area contributed by atoms with Crippen LogP contribution < -0.4 is 24.8 Å². The van der Waals surface area contributed by atoms with Crippen molar-refractivity contribution >= 4 is 3.21 Å². The summed E-state index contributed by atoms with van der Waals surface area (Å²) < 4.78 is 1.80. The molecule has 1 aliphatic rings. The Bertz CT molecular complexity index is 75.1. The van der Waals surface area contributed by atoms with E-state index in [1.54, 1.807) is 27.4 Å². The molecule has 0 nitrogen and oxygen atoms in total. The normalized spacial score (nSPS) is 17.8. The van der Waals surface area contributed by atoms with Gasteiger partial charge in [-0.25, -0.2) is 0 Å². The van der Waals surface area contributed by atoms with Crippen molar-refractivity contribution in [2.24, 2.45) is 0 Å². The first-order valence-electron chi connectivity index (χ1n) is 2.96. The zero-order valence-corrected chi connectivity index (χ0v) is 9.26. The zero-order valence-electron chi connectivity index (χ0n) is 5.29. The van der Waals surface area contributed by atoms with E-state index in [9.17, 15) is 0 Å². The maximum absolute atomic E-state index is 1.80. The summed E-state index contributed by atoms with van der Waals surface area (Å²) in [5.41, 5.74) is 0. The molecule has 1 saturated carbocycles. The fourth-order valence-electron chi connectivity index (χ4n) is 0.979. The van der Waals surface area contributed by atoms with Crippen LogP contribution in [0.5, 0.6) is 0 Å². The molecule has 0 saturated heterocycles. The molecule has 0 amide bonds. The van der Waals surface area contributed by atoms with Crippen molar-refractivity contribution in [3.8, 4) is 0 Å².